The topological polar surface area (TPSA) is 78.9 Å². The van der Waals surface area contributed by atoms with Crippen LogP contribution in [0.3, 0.4) is 0 Å². The second-order valence-electron chi connectivity index (χ2n) is 10.9. The first-order chi connectivity index (χ1) is 14.6. The van der Waals surface area contributed by atoms with Gasteiger partial charge in [0.05, 0.1) is 22.4 Å². The molecule has 3 rings (SSSR count). The van der Waals surface area contributed by atoms with Crippen molar-refractivity contribution in [1.82, 2.24) is 0 Å². The van der Waals surface area contributed by atoms with Gasteiger partial charge in [0.15, 0.2) is 20.4 Å². The molecule has 2 aliphatic rings. The Balaban J connectivity index is 2.19. The van der Waals surface area contributed by atoms with Crippen molar-refractivity contribution in [3.63, 3.8) is 0 Å². The van der Waals surface area contributed by atoms with Crippen LogP contribution in [0.5, 0.6) is 0 Å². The Morgan fingerprint density at radius 2 is 1.72 bits per heavy atom. The van der Waals surface area contributed by atoms with Crippen LogP contribution in [0.2, 0.25) is 18.1 Å². The van der Waals surface area contributed by atoms with Gasteiger partial charge in [0.2, 0.25) is 8.32 Å². The number of benzene rings is 1. The lowest BCUT2D eigenvalue weighted by Gasteiger charge is -2.52. The van der Waals surface area contributed by atoms with Gasteiger partial charge in [-0.25, -0.2) is 8.42 Å². The Morgan fingerprint density at radius 1 is 1.12 bits per heavy atom. The molecule has 0 saturated carbocycles. The zero-order chi connectivity index (χ0) is 24.2. The van der Waals surface area contributed by atoms with Gasteiger partial charge in [0.1, 0.15) is 6.10 Å². The number of carbonyl (C=O) groups excluding carboxylic acids is 1. The van der Waals surface area contributed by atoms with Crippen LogP contribution in [0.15, 0.2) is 47.1 Å². The number of ether oxygens (including phenoxy) is 2. The van der Waals surface area contributed by atoms with Gasteiger partial charge in [-0.2, -0.15) is 0 Å². The number of carbonyl (C=O) groups is 1. The van der Waals surface area contributed by atoms with Crippen LogP contribution >= 0.6 is 0 Å². The van der Waals surface area contributed by atoms with Crippen molar-refractivity contribution in [2.24, 2.45) is 0 Å². The van der Waals surface area contributed by atoms with Crippen LogP contribution in [0.25, 0.3) is 0 Å². The lowest BCUT2D eigenvalue weighted by atomic mass is 9.76. The molecule has 0 amide bonds. The monoisotopic (exact) mass is 480 g/mol. The molecule has 32 heavy (non-hydrogen) atoms. The first-order valence-corrected chi connectivity index (χ1v) is 15.4. The summed E-state index contributed by atoms with van der Waals surface area (Å²) in [5.74, 6) is 0.259. The van der Waals surface area contributed by atoms with Crippen molar-refractivity contribution < 1.29 is 27.1 Å². The molecule has 0 radical (unpaired) electrons. The molecule has 0 aromatic heterocycles. The average molecular weight is 481 g/mol. The third kappa shape index (κ3) is 4.00. The largest absolute Gasteiger partial charge is 0.547 e. The molecule has 1 heterocycles. The van der Waals surface area contributed by atoms with Crippen LogP contribution in [-0.2, 0) is 28.5 Å². The molecule has 178 valence electrons. The predicted octanol–water partition coefficient (Wildman–Crippen LogP) is 4.66. The maximum absolute atomic E-state index is 14.0. The van der Waals surface area contributed by atoms with Crippen LogP contribution in [-0.4, -0.2) is 52.2 Å². The number of hydrogen-bond donors (Lipinski definition) is 0. The molecule has 1 saturated heterocycles. The van der Waals surface area contributed by atoms with Crippen LogP contribution < -0.4 is 0 Å². The molecule has 1 aliphatic carbocycles. The fourth-order valence-corrected chi connectivity index (χ4v) is 7.71. The van der Waals surface area contributed by atoms with Gasteiger partial charge in [-0.05, 0) is 50.2 Å². The van der Waals surface area contributed by atoms with E-state index in [-0.39, 0.29) is 28.6 Å². The number of fused-ring (bicyclic) bond motifs is 1. The minimum Gasteiger partial charge on any atom is -0.547 e. The highest BCUT2D eigenvalue weighted by atomic mass is 32.2. The molecule has 0 unspecified atom stereocenters. The molecule has 0 N–H and O–H groups in total. The summed E-state index contributed by atoms with van der Waals surface area (Å²) in [5, 5.41) is -0.0381. The number of methoxy groups -OCH3 is 1. The van der Waals surface area contributed by atoms with E-state index in [0.29, 0.717) is 5.76 Å². The Bertz CT molecular complexity index is 1010. The number of Topliss-reactive ketones (excluding diaryl/α,β-unsaturated/α-hetero) is 1. The number of rotatable bonds is 5. The van der Waals surface area contributed by atoms with Gasteiger partial charge in [-0.3, -0.25) is 4.79 Å². The van der Waals surface area contributed by atoms with Gasteiger partial charge in [-0.1, -0.05) is 39.0 Å². The van der Waals surface area contributed by atoms with E-state index in [1.54, 1.807) is 24.3 Å². The lowest BCUT2D eigenvalue weighted by Crippen LogP contribution is -2.70. The summed E-state index contributed by atoms with van der Waals surface area (Å²) in [6, 6.07) is 8.10. The quantitative estimate of drug-likeness (QED) is 0.570. The smallest absolute Gasteiger partial charge is 0.250 e. The van der Waals surface area contributed by atoms with Crippen LogP contribution in [0.4, 0.5) is 0 Å². The molecule has 3 atom stereocenters. The third-order valence-electron chi connectivity index (χ3n) is 7.05. The first-order valence-electron chi connectivity index (χ1n) is 11.0. The number of sulfone groups is 1. The summed E-state index contributed by atoms with van der Waals surface area (Å²) in [6.45, 7) is 14.3. The molecule has 1 aliphatic heterocycles. The summed E-state index contributed by atoms with van der Waals surface area (Å²) in [5.41, 5.74) is -0.783. The zero-order valence-corrected chi connectivity index (χ0v) is 22.2. The molecule has 0 spiro atoms. The summed E-state index contributed by atoms with van der Waals surface area (Å²) < 4.78 is 44.8. The highest BCUT2D eigenvalue weighted by Crippen LogP contribution is 2.49. The second-order valence-corrected chi connectivity index (χ2v) is 17.8. The normalized spacial score (nSPS) is 28.6. The van der Waals surface area contributed by atoms with Gasteiger partial charge in [0.25, 0.3) is 0 Å². The molecular weight excluding hydrogens is 444 g/mol. The SMILES string of the molecule is CO[C@H]1C=C(O[Si](C)(C)C(C)(C)C)C[C@H]2OC(C)(C)CC(=O)[C@@]12S(=O)(=O)c1ccccc1. The van der Waals surface area contributed by atoms with E-state index in [0.717, 1.165) is 0 Å². The number of ketones is 1. The van der Waals surface area contributed by atoms with E-state index < -0.39 is 40.7 Å². The Hall–Kier alpha value is -1.48. The molecule has 1 aromatic rings. The van der Waals surface area contributed by atoms with Crippen molar-refractivity contribution in [3.8, 4) is 0 Å². The zero-order valence-electron chi connectivity index (χ0n) is 20.4. The fourth-order valence-electron chi connectivity index (χ4n) is 4.37. The van der Waals surface area contributed by atoms with Crippen molar-refractivity contribution in [2.75, 3.05) is 7.11 Å². The van der Waals surface area contributed by atoms with Crippen molar-refractivity contribution in [1.29, 1.82) is 0 Å². The minimum absolute atomic E-state index is 0.0122. The van der Waals surface area contributed by atoms with Gasteiger partial charge in [0, 0.05) is 20.0 Å². The van der Waals surface area contributed by atoms with E-state index in [2.05, 4.69) is 33.9 Å². The molecule has 8 heteroatoms. The molecular formula is C24H36O6SSi. The molecule has 6 nitrogen and oxygen atoms in total. The Kier molecular flexibility index (Phi) is 6.35. The summed E-state index contributed by atoms with van der Waals surface area (Å²) in [7, 11) is -4.89. The van der Waals surface area contributed by atoms with Crippen LogP contribution in [0, 0.1) is 0 Å². The fraction of sp³-hybridized carbons (Fsp3) is 0.625. The average Bonchev–Trinajstić information content (AvgIpc) is 2.65. The van der Waals surface area contributed by atoms with E-state index in [4.69, 9.17) is 13.9 Å². The summed E-state index contributed by atoms with van der Waals surface area (Å²) >= 11 is 0. The molecule has 0 bridgehead atoms. The predicted molar refractivity (Wildman–Crippen MR) is 127 cm³/mol. The molecule has 1 aromatic carbocycles. The third-order valence-corrected chi connectivity index (χ3v) is 13.9. The maximum Gasteiger partial charge on any atom is 0.250 e. The Labute approximate surface area is 193 Å². The molecule has 1 fully saturated rings. The maximum atomic E-state index is 14.0. The van der Waals surface area contributed by atoms with E-state index >= 15 is 0 Å². The highest BCUT2D eigenvalue weighted by Gasteiger charge is 2.67. The summed E-state index contributed by atoms with van der Waals surface area (Å²) in [6.07, 6.45) is -0.0553. The minimum atomic E-state index is -4.13. The van der Waals surface area contributed by atoms with E-state index in [9.17, 15) is 13.2 Å². The highest BCUT2D eigenvalue weighted by molar-refractivity contribution is 7.93. The first kappa shape index (κ1) is 25.1. The van der Waals surface area contributed by atoms with Gasteiger partial charge in [-0.15, -0.1) is 0 Å². The summed E-state index contributed by atoms with van der Waals surface area (Å²) in [4.78, 5) is 13.8. The lowest BCUT2D eigenvalue weighted by molar-refractivity contribution is -0.168. The number of hydrogen-bond acceptors (Lipinski definition) is 6. The standard InChI is InChI=1S/C24H36O6SSi/c1-22(2,3)32(7,8)30-17-14-20(28-6)24(31(26,27)18-12-10-9-11-13-18)19(25)16-23(4,5)29-21(24)15-17/h9-14,20-21H,15-16H2,1-8H3/t20-,21+,24+/m0/s1. The Morgan fingerprint density at radius 3 is 2.25 bits per heavy atom. The van der Waals surface area contributed by atoms with E-state index in [1.807, 2.05) is 13.8 Å². The van der Waals surface area contributed by atoms with E-state index in [1.165, 1.54) is 19.2 Å². The van der Waals surface area contributed by atoms with Crippen molar-refractivity contribution >= 4 is 23.9 Å². The second kappa shape index (κ2) is 8.08. The van der Waals surface area contributed by atoms with Crippen molar-refractivity contribution in [2.45, 2.75) is 93.0 Å². The van der Waals surface area contributed by atoms with Gasteiger partial charge < -0.3 is 13.9 Å². The van der Waals surface area contributed by atoms with Gasteiger partial charge >= 0.3 is 0 Å². The van der Waals surface area contributed by atoms with Crippen LogP contribution in [0.1, 0.15) is 47.5 Å². The van der Waals surface area contributed by atoms with Crippen molar-refractivity contribution in [3.05, 3.63) is 42.2 Å².